The Bertz CT molecular complexity index is 2890. The summed E-state index contributed by atoms with van der Waals surface area (Å²) in [4.78, 5) is 24.5. The third-order valence-corrected chi connectivity index (χ3v) is 9.28. The van der Waals surface area contributed by atoms with Crippen molar-refractivity contribution in [2.75, 3.05) is 0 Å². The summed E-state index contributed by atoms with van der Waals surface area (Å²) in [6.45, 7) is 7.97. The largest absolute Gasteiger partial charge is 0.278 e. The van der Waals surface area contributed by atoms with Crippen molar-refractivity contribution in [3.63, 3.8) is 0 Å². The Balaban J connectivity index is 1.41. The maximum absolute atomic E-state index is 14.2. The number of rotatable bonds is 5. The van der Waals surface area contributed by atoms with E-state index in [2.05, 4.69) is 60.2 Å². The lowest BCUT2D eigenvalue weighted by atomic mass is 9.96. The topological polar surface area (TPSA) is 52.7 Å². The number of allylic oxidation sites excluding steroid dienone is 4. The van der Waals surface area contributed by atoms with Gasteiger partial charge in [-0.1, -0.05) is 116 Å². The molecule has 0 spiro atoms. The van der Waals surface area contributed by atoms with E-state index in [-0.39, 0.29) is 5.56 Å². The van der Waals surface area contributed by atoms with Crippen molar-refractivity contribution >= 4 is 70.7 Å². The molecule has 0 atom stereocenters. The van der Waals surface area contributed by atoms with Gasteiger partial charge in [0.25, 0.3) is 5.56 Å². The van der Waals surface area contributed by atoms with Crippen LogP contribution in [0.25, 0.3) is 82.4 Å². The molecule has 0 N–H and O–H groups in total. The lowest BCUT2D eigenvalue weighted by Gasteiger charge is -2.15. The molecule has 0 aliphatic heterocycles. The Morgan fingerprint density at radius 3 is 1.90 bits per heavy atom. The maximum atomic E-state index is 14.2. The van der Waals surface area contributed by atoms with Gasteiger partial charge in [0, 0.05) is 43.6 Å². The van der Waals surface area contributed by atoms with Crippen LogP contribution in [-0.4, -0.2) is 19.1 Å². The summed E-state index contributed by atoms with van der Waals surface area (Å²) in [6, 6.07) is 42.8. The van der Waals surface area contributed by atoms with Crippen LogP contribution >= 0.6 is 0 Å². The Labute approximate surface area is 275 Å². The quantitative estimate of drug-likeness (QED) is 0.143. The fourth-order valence-electron chi connectivity index (χ4n) is 7.26. The van der Waals surface area contributed by atoms with E-state index in [0.717, 1.165) is 76.7 Å². The minimum Gasteiger partial charge on any atom is -0.278 e. The summed E-state index contributed by atoms with van der Waals surface area (Å²) >= 11 is 0. The van der Waals surface area contributed by atoms with Crippen LogP contribution < -0.4 is 5.56 Å². The Kier molecular flexibility index (Phi) is 6.20. The van der Waals surface area contributed by atoms with Gasteiger partial charge >= 0.3 is 0 Å². The van der Waals surface area contributed by atoms with Gasteiger partial charge in [-0.05, 0) is 53.2 Å². The fourth-order valence-corrected chi connectivity index (χ4v) is 7.26. The van der Waals surface area contributed by atoms with Crippen LogP contribution in [0.2, 0.25) is 0 Å². The first kappa shape index (κ1) is 27.7. The number of hydrogen-bond donors (Lipinski definition) is 0. The highest BCUT2D eigenvalue weighted by atomic mass is 16.1. The smallest absolute Gasteiger partial charge is 0.263 e. The van der Waals surface area contributed by atoms with E-state index < -0.39 is 0 Å². The van der Waals surface area contributed by atoms with Gasteiger partial charge in [0.2, 0.25) is 5.95 Å². The van der Waals surface area contributed by atoms with Crippen molar-refractivity contribution in [1.82, 2.24) is 19.1 Å². The summed E-state index contributed by atoms with van der Waals surface area (Å²) < 4.78 is 3.96. The monoisotopic (exact) mass is 616 g/mol. The number of fused-ring (bicyclic) bond motifs is 10. The fraction of sp³-hybridized carbons (Fsp3) is 0. The van der Waals surface area contributed by atoms with Crippen molar-refractivity contribution in [2.45, 2.75) is 0 Å². The SMILES string of the molecule is C=C/C=C(\C=C)c1nc(-n2c3ccccc3c3c4ccc5c(=O)n(-c6ccccc6)c6ccccc6c5c4ccc32)nc2ccccc12. The molecule has 0 aliphatic rings. The number of para-hydroxylation sites is 4. The molecule has 0 radical (unpaired) electrons. The minimum atomic E-state index is -0.0398. The summed E-state index contributed by atoms with van der Waals surface area (Å²) in [7, 11) is 0. The van der Waals surface area contributed by atoms with Gasteiger partial charge in [-0.2, -0.15) is 0 Å². The molecule has 3 aromatic heterocycles. The molecular formula is C43H28N4O. The van der Waals surface area contributed by atoms with E-state index in [1.54, 1.807) is 12.2 Å². The molecule has 0 aliphatic carbocycles. The summed E-state index contributed by atoms with van der Waals surface area (Å²) in [6.07, 6.45) is 5.48. The Hall–Kier alpha value is -6.59. The van der Waals surface area contributed by atoms with Crippen molar-refractivity contribution in [3.8, 4) is 11.6 Å². The van der Waals surface area contributed by atoms with Crippen LogP contribution in [-0.2, 0) is 0 Å². The van der Waals surface area contributed by atoms with E-state index in [1.807, 2.05) is 95.6 Å². The van der Waals surface area contributed by atoms with Gasteiger partial charge in [-0.25, -0.2) is 9.97 Å². The van der Waals surface area contributed by atoms with E-state index in [4.69, 9.17) is 9.97 Å². The molecule has 3 heterocycles. The molecule has 0 fully saturated rings. The average Bonchev–Trinajstić information content (AvgIpc) is 3.48. The van der Waals surface area contributed by atoms with Crippen LogP contribution in [0.5, 0.6) is 0 Å². The standard InChI is InChI=1S/C43H28N4O/c1-3-14-27(4-2)41-31-17-8-11-20-35(31)44-43(45-41)47-37-22-13-10-19-33(37)40-30-23-24-34-39(29(30)25-26-38(40)47)32-18-9-12-21-36(32)46(42(34)48)28-15-6-5-7-16-28/h3-26H,1-2H2/b27-14+. The molecule has 0 unspecified atom stereocenters. The number of nitrogens with zero attached hydrogens (tertiary/aromatic N) is 4. The molecule has 5 heteroatoms. The van der Waals surface area contributed by atoms with Crippen molar-refractivity contribution in [3.05, 3.63) is 175 Å². The second-order valence-corrected chi connectivity index (χ2v) is 11.8. The third-order valence-electron chi connectivity index (χ3n) is 9.28. The number of aromatic nitrogens is 4. The van der Waals surface area contributed by atoms with Gasteiger partial charge < -0.3 is 0 Å². The molecule has 48 heavy (non-hydrogen) atoms. The van der Waals surface area contributed by atoms with Gasteiger partial charge in [0.15, 0.2) is 0 Å². The van der Waals surface area contributed by atoms with Gasteiger partial charge in [0.1, 0.15) is 0 Å². The first-order chi connectivity index (χ1) is 23.7. The number of benzene rings is 6. The van der Waals surface area contributed by atoms with Crippen LogP contribution in [0.15, 0.2) is 164 Å². The van der Waals surface area contributed by atoms with E-state index in [1.165, 1.54) is 0 Å². The second-order valence-electron chi connectivity index (χ2n) is 11.8. The highest BCUT2D eigenvalue weighted by Gasteiger charge is 2.21. The predicted molar refractivity (Wildman–Crippen MR) is 200 cm³/mol. The molecule has 9 aromatic rings. The summed E-state index contributed by atoms with van der Waals surface area (Å²) in [5.41, 5.74) is 6.17. The first-order valence-corrected chi connectivity index (χ1v) is 15.9. The lowest BCUT2D eigenvalue weighted by molar-refractivity contribution is 1.00. The zero-order chi connectivity index (χ0) is 32.4. The van der Waals surface area contributed by atoms with Crippen LogP contribution in [0.3, 0.4) is 0 Å². The summed E-state index contributed by atoms with van der Waals surface area (Å²) in [5.74, 6) is 0.572. The molecule has 5 nitrogen and oxygen atoms in total. The normalized spacial score (nSPS) is 12.1. The third kappa shape index (κ3) is 3.94. The van der Waals surface area contributed by atoms with Gasteiger partial charge in [-0.3, -0.25) is 13.9 Å². The van der Waals surface area contributed by atoms with Gasteiger partial charge in [0.05, 0.1) is 27.8 Å². The molecule has 0 saturated heterocycles. The molecular weight excluding hydrogens is 589 g/mol. The average molecular weight is 617 g/mol. The van der Waals surface area contributed by atoms with E-state index in [9.17, 15) is 4.79 Å². The van der Waals surface area contributed by atoms with Crippen LogP contribution in [0.4, 0.5) is 0 Å². The van der Waals surface area contributed by atoms with E-state index >= 15 is 0 Å². The zero-order valence-electron chi connectivity index (χ0n) is 26.0. The highest BCUT2D eigenvalue weighted by Crippen LogP contribution is 2.40. The molecule has 0 bridgehead atoms. The first-order valence-electron chi connectivity index (χ1n) is 15.9. The molecule has 6 aromatic carbocycles. The van der Waals surface area contributed by atoms with Crippen molar-refractivity contribution < 1.29 is 0 Å². The minimum absolute atomic E-state index is 0.0398. The molecule has 0 saturated carbocycles. The zero-order valence-corrected chi connectivity index (χ0v) is 26.0. The van der Waals surface area contributed by atoms with Gasteiger partial charge in [-0.15, -0.1) is 0 Å². The Morgan fingerprint density at radius 2 is 1.15 bits per heavy atom. The van der Waals surface area contributed by atoms with Crippen LogP contribution in [0.1, 0.15) is 5.69 Å². The van der Waals surface area contributed by atoms with Crippen LogP contribution in [0, 0.1) is 0 Å². The predicted octanol–water partition coefficient (Wildman–Crippen LogP) is 10.1. The molecule has 9 rings (SSSR count). The molecule has 0 amide bonds. The van der Waals surface area contributed by atoms with Crippen molar-refractivity contribution in [2.24, 2.45) is 0 Å². The Morgan fingerprint density at radius 1 is 0.542 bits per heavy atom. The highest BCUT2D eigenvalue weighted by molar-refractivity contribution is 6.28. The maximum Gasteiger partial charge on any atom is 0.263 e. The summed E-state index contributed by atoms with van der Waals surface area (Å²) in [5, 5.41) is 7.87. The number of pyridine rings is 1. The second kappa shape index (κ2) is 10.7. The molecule has 226 valence electrons. The lowest BCUT2D eigenvalue weighted by Crippen LogP contribution is -2.19. The van der Waals surface area contributed by atoms with E-state index in [0.29, 0.717) is 11.3 Å². The number of hydrogen-bond acceptors (Lipinski definition) is 3. The van der Waals surface area contributed by atoms with Crippen molar-refractivity contribution in [1.29, 1.82) is 0 Å².